The molecule has 0 unspecified atom stereocenters. The molecule has 2 fully saturated rings. The van der Waals surface area contributed by atoms with E-state index in [1.165, 1.54) is 33.1 Å². The Labute approximate surface area is 332 Å². The van der Waals surface area contributed by atoms with Crippen molar-refractivity contribution in [3.63, 3.8) is 0 Å². The van der Waals surface area contributed by atoms with Crippen molar-refractivity contribution in [2.24, 2.45) is 0 Å². The van der Waals surface area contributed by atoms with E-state index in [2.05, 4.69) is 5.32 Å². The predicted octanol–water partition coefficient (Wildman–Crippen LogP) is 0.138. The quantitative estimate of drug-likeness (QED) is 0.113. The van der Waals surface area contributed by atoms with Gasteiger partial charge in [-0.3, -0.25) is 19.2 Å². The highest BCUT2D eigenvalue weighted by Gasteiger charge is 2.52. The average molecular weight is 830 g/mol. The normalized spacial score (nSPS) is 30.4. The number of hydrogen-bond acceptors (Lipinski definition) is 17. The Morgan fingerprint density at radius 2 is 1.49 bits per heavy atom. The van der Waals surface area contributed by atoms with Gasteiger partial charge in [-0.25, -0.2) is 4.39 Å². The number of phenolic OH excluding ortho intramolecular Hbond substituents is 3. The van der Waals surface area contributed by atoms with Crippen LogP contribution >= 0.6 is 0 Å². The number of amides is 1. The van der Waals surface area contributed by atoms with Crippen LogP contribution in [0.4, 0.5) is 4.39 Å². The number of carboxylic acid groups (broad SMARTS) is 1. The Bertz CT molecular complexity index is 2260. The molecule has 2 aliphatic heterocycles. The van der Waals surface area contributed by atoms with Gasteiger partial charge in [-0.15, -0.1) is 0 Å². The van der Waals surface area contributed by atoms with Crippen molar-refractivity contribution in [2.45, 2.75) is 94.4 Å². The van der Waals surface area contributed by atoms with E-state index in [4.69, 9.17) is 23.7 Å². The van der Waals surface area contributed by atoms with Crippen molar-refractivity contribution in [1.29, 1.82) is 0 Å². The van der Waals surface area contributed by atoms with Crippen LogP contribution in [0.15, 0.2) is 24.3 Å². The first-order chi connectivity index (χ1) is 27.8. The van der Waals surface area contributed by atoms with Gasteiger partial charge >= 0.3 is 5.97 Å². The smallest absolute Gasteiger partial charge is 0.325 e. The van der Waals surface area contributed by atoms with E-state index in [1.807, 2.05) is 0 Å². The number of carbonyl (C=O) groups is 4. The summed E-state index contributed by atoms with van der Waals surface area (Å²) in [6, 6.07) is 3.05. The molecule has 2 aliphatic carbocycles. The molecule has 12 atom stereocenters. The van der Waals surface area contributed by atoms with E-state index >= 15 is 4.39 Å². The number of nitrogens with one attached hydrogen (secondary N) is 1. The van der Waals surface area contributed by atoms with E-state index < -0.39 is 154 Å². The van der Waals surface area contributed by atoms with Gasteiger partial charge in [0.1, 0.15) is 71.8 Å². The van der Waals surface area contributed by atoms with Gasteiger partial charge in [0.25, 0.3) is 5.91 Å². The average Bonchev–Trinajstić information content (AvgIpc) is 3.18. The van der Waals surface area contributed by atoms with Crippen molar-refractivity contribution >= 4 is 23.4 Å². The summed E-state index contributed by atoms with van der Waals surface area (Å²) < 4.78 is 43.4. The number of halogens is 1. The number of aliphatic carboxylic acids is 1. The monoisotopic (exact) mass is 829 g/mol. The highest BCUT2D eigenvalue weighted by atomic mass is 19.1. The maximum Gasteiger partial charge on any atom is 0.325 e. The number of carbonyl (C=O) groups excluding carboxylic acids is 3. The third kappa shape index (κ3) is 6.75. The van der Waals surface area contributed by atoms with E-state index in [0.717, 1.165) is 19.1 Å². The number of alkyl halides is 1. The zero-order chi connectivity index (χ0) is 43.1. The molecule has 0 saturated carbocycles. The van der Waals surface area contributed by atoms with Crippen LogP contribution in [0.2, 0.25) is 0 Å². The number of carboxylic acids is 1. The molecule has 0 radical (unpaired) electrons. The number of rotatable bonds is 8. The molecule has 2 saturated heterocycles. The Hall–Kier alpha value is -5.29. The molecule has 3 aromatic rings. The number of ketones is 2. The van der Waals surface area contributed by atoms with Gasteiger partial charge in [-0.2, -0.15) is 0 Å². The Morgan fingerprint density at radius 1 is 0.847 bits per heavy atom. The van der Waals surface area contributed by atoms with Crippen molar-refractivity contribution in [3.05, 3.63) is 68.8 Å². The zero-order valence-electron chi connectivity index (χ0n) is 31.5. The standard InChI is InChI=1S/C39H40FNO18/c1-10-5-17-23(30(48)20(10)36(52)41-11(2)37(53)54)22-15(8-16-24(31(22)49)27(45)14-6-13(55-4)7-18(42)21(14)26(16)44)28(46)34(17)58-39-33(51)35(25(40)12(3)57-39)59-38-32(50)29(47)19(43)9-56-38/h5-8,11-12,19,25,28-29,32-35,38-39,42-43,46-51H,9H2,1-4H3,(H,41,52)(H,53,54)/t11-,12-,19-,25+,28+,29+,32-,33-,34+,35+,38+,39+/m1/s1. The van der Waals surface area contributed by atoms with Crippen molar-refractivity contribution in [2.75, 3.05) is 13.7 Å². The second-order valence-corrected chi connectivity index (χ2v) is 14.8. The first-order valence-corrected chi connectivity index (χ1v) is 18.2. The largest absolute Gasteiger partial charge is 0.507 e. The van der Waals surface area contributed by atoms with E-state index in [0.29, 0.717) is 0 Å². The number of methoxy groups -OCH3 is 1. The molecule has 316 valence electrons. The Morgan fingerprint density at radius 3 is 2.15 bits per heavy atom. The summed E-state index contributed by atoms with van der Waals surface area (Å²) in [7, 11) is 1.25. The van der Waals surface area contributed by atoms with Gasteiger partial charge in [0.05, 0.1) is 36.5 Å². The van der Waals surface area contributed by atoms with Crippen LogP contribution in [0.25, 0.3) is 11.1 Å². The molecule has 4 aliphatic rings. The second-order valence-electron chi connectivity index (χ2n) is 14.8. The van der Waals surface area contributed by atoms with Crippen LogP contribution < -0.4 is 10.1 Å². The minimum absolute atomic E-state index is 0.00425. The summed E-state index contributed by atoms with van der Waals surface area (Å²) in [6.07, 6.45) is -20.0. The number of phenols is 3. The first kappa shape index (κ1) is 41.9. The summed E-state index contributed by atoms with van der Waals surface area (Å²) in [5.41, 5.74) is -3.85. The third-order valence-corrected chi connectivity index (χ3v) is 11.0. The highest BCUT2D eigenvalue weighted by Crippen LogP contribution is 2.57. The van der Waals surface area contributed by atoms with Crippen LogP contribution in [0.3, 0.4) is 0 Å². The van der Waals surface area contributed by atoms with Crippen LogP contribution in [-0.4, -0.2) is 145 Å². The minimum atomic E-state index is -2.11. The Balaban J connectivity index is 1.36. The fourth-order valence-corrected chi connectivity index (χ4v) is 7.86. The number of aryl methyl sites for hydroxylation is 1. The van der Waals surface area contributed by atoms with E-state index in [9.17, 15) is 65.1 Å². The lowest BCUT2D eigenvalue weighted by atomic mass is 9.74. The number of benzene rings is 3. The van der Waals surface area contributed by atoms with Gasteiger partial charge in [-0.1, -0.05) is 6.07 Å². The Kier molecular flexibility index (Phi) is 10.9. The summed E-state index contributed by atoms with van der Waals surface area (Å²) in [5, 5.41) is 100. The molecule has 7 rings (SSSR count). The van der Waals surface area contributed by atoms with Crippen LogP contribution in [0, 0.1) is 6.92 Å². The molecule has 59 heavy (non-hydrogen) atoms. The summed E-state index contributed by atoms with van der Waals surface area (Å²) >= 11 is 0. The van der Waals surface area contributed by atoms with E-state index in [1.54, 1.807) is 0 Å². The van der Waals surface area contributed by atoms with Crippen molar-refractivity contribution < 1.29 is 93.2 Å². The molecular formula is C39H40FNO18. The third-order valence-electron chi connectivity index (χ3n) is 11.0. The number of fused-ring (bicyclic) bond motifs is 5. The summed E-state index contributed by atoms with van der Waals surface area (Å²) in [4.78, 5) is 53.1. The minimum Gasteiger partial charge on any atom is -0.507 e. The molecule has 19 nitrogen and oxygen atoms in total. The lowest BCUT2D eigenvalue weighted by Gasteiger charge is -2.45. The lowest BCUT2D eigenvalue weighted by Crippen LogP contribution is -2.61. The second kappa shape index (κ2) is 15.4. The number of aliphatic hydroxyl groups excluding tert-OH is 5. The van der Waals surface area contributed by atoms with E-state index in [-0.39, 0.29) is 28.0 Å². The maximum absolute atomic E-state index is 15.6. The topological polar surface area (TPSA) is 309 Å². The number of aromatic hydroxyl groups is 3. The number of hydrogen-bond donors (Lipinski definition) is 10. The SMILES string of the molecule is COc1cc(O)c2c(c1)C(=O)c1c(cc3c(c1O)-c1c(cc(C)c(C(=O)N[C@H](C)C(=O)O)c1O)[C@H](O[C@@H]1O[C@H](C)[C@H](F)[C@H](O[C@@H]4OC[C@@H](O)[C@H](O)[C@H]4O)[C@H]1O)[C@H]3O)C2=O. The molecule has 0 bridgehead atoms. The van der Waals surface area contributed by atoms with Crippen molar-refractivity contribution in [3.8, 4) is 34.1 Å². The summed E-state index contributed by atoms with van der Waals surface area (Å²) in [6.45, 7) is 3.24. The first-order valence-electron chi connectivity index (χ1n) is 18.2. The fourth-order valence-electron chi connectivity index (χ4n) is 7.86. The zero-order valence-corrected chi connectivity index (χ0v) is 31.5. The molecule has 3 aromatic carbocycles. The fraction of sp³-hybridized carbons (Fsp3) is 0.436. The highest BCUT2D eigenvalue weighted by molar-refractivity contribution is 6.31. The van der Waals surface area contributed by atoms with Gasteiger partial charge in [0.15, 0.2) is 30.3 Å². The number of ether oxygens (including phenoxy) is 5. The van der Waals surface area contributed by atoms with Crippen LogP contribution in [0.5, 0.6) is 23.0 Å². The summed E-state index contributed by atoms with van der Waals surface area (Å²) in [5.74, 6) is -6.90. The molecule has 10 N–H and O–H groups in total. The van der Waals surface area contributed by atoms with Crippen LogP contribution in [-0.2, 0) is 23.7 Å². The number of aliphatic hydroxyl groups is 5. The molecule has 2 heterocycles. The molecule has 0 spiro atoms. The van der Waals surface area contributed by atoms with Gasteiger partial charge in [0, 0.05) is 28.3 Å². The van der Waals surface area contributed by atoms with Crippen LogP contribution in [0.1, 0.15) is 84.9 Å². The predicted molar refractivity (Wildman–Crippen MR) is 193 cm³/mol. The molecule has 20 heteroatoms. The van der Waals surface area contributed by atoms with Gasteiger partial charge in [-0.05, 0) is 49.6 Å². The molecule has 1 amide bonds. The van der Waals surface area contributed by atoms with Crippen molar-refractivity contribution in [1.82, 2.24) is 5.32 Å². The maximum atomic E-state index is 15.6. The molecule has 0 aromatic heterocycles. The van der Waals surface area contributed by atoms with Gasteiger partial charge in [0.2, 0.25) is 0 Å². The lowest BCUT2D eigenvalue weighted by molar-refractivity contribution is -0.346. The molecular weight excluding hydrogens is 789 g/mol. The van der Waals surface area contributed by atoms with Gasteiger partial charge < -0.3 is 75.0 Å².